The quantitative estimate of drug-likeness (QED) is 0.690. The third-order valence-corrected chi connectivity index (χ3v) is 5.10. The van der Waals surface area contributed by atoms with Crippen LogP contribution in [0.1, 0.15) is 32.3 Å². The van der Waals surface area contributed by atoms with Crippen molar-refractivity contribution in [2.45, 2.75) is 38.6 Å². The normalized spacial score (nSPS) is 15.8. The molecule has 0 atom stereocenters. The summed E-state index contributed by atoms with van der Waals surface area (Å²) in [6, 6.07) is 7.82. The van der Waals surface area contributed by atoms with Crippen LogP contribution in [0.5, 0.6) is 11.5 Å². The number of nitrogens with zero attached hydrogens (tertiary/aromatic N) is 2. The number of amides is 1. The molecule has 0 bridgehead atoms. The molecule has 1 saturated heterocycles. The van der Waals surface area contributed by atoms with E-state index in [0.29, 0.717) is 19.8 Å². The number of benzene rings is 1. The Morgan fingerprint density at radius 3 is 2.64 bits per heavy atom. The molecule has 152 valence electrons. The van der Waals surface area contributed by atoms with Crippen molar-refractivity contribution < 1.29 is 14.3 Å². The van der Waals surface area contributed by atoms with Crippen LogP contribution >= 0.6 is 0 Å². The summed E-state index contributed by atoms with van der Waals surface area (Å²) in [6.45, 7) is 7.27. The van der Waals surface area contributed by atoms with E-state index in [4.69, 9.17) is 9.47 Å². The lowest BCUT2D eigenvalue weighted by Crippen LogP contribution is -2.54. The largest absolute Gasteiger partial charge is 0.490 e. The SMILES string of the molecule is CCOc1ccc(CCNC(=O)C2(n3cccn3)CCNCC2)cc1OCC. The Morgan fingerprint density at radius 1 is 1.21 bits per heavy atom. The van der Waals surface area contributed by atoms with Crippen LogP contribution in [0.25, 0.3) is 0 Å². The van der Waals surface area contributed by atoms with Crippen LogP contribution in [0, 0.1) is 0 Å². The van der Waals surface area contributed by atoms with Gasteiger partial charge in [-0.2, -0.15) is 5.10 Å². The lowest BCUT2D eigenvalue weighted by Gasteiger charge is -2.36. The lowest BCUT2D eigenvalue weighted by molar-refractivity contribution is -0.131. The minimum absolute atomic E-state index is 0.0358. The van der Waals surface area contributed by atoms with Crippen molar-refractivity contribution in [3.63, 3.8) is 0 Å². The van der Waals surface area contributed by atoms with E-state index >= 15 is 0 Å². The molecule has 3 rings (SSSR count). The number of nitrogens with one attached hydrogen (secondary N) is 2. The first-order valence-electron chi connectivity index (χ1n) is 10.1. The second-order valence-electron chi connectivity index (χ2n) is 6.89. The third kappa shape index (κ3) is 4.47. The van der Waals surface area contributed by atoms with Crippen LogP contribution in [0.4, 0.5) is 0 Å². The van der Waals surface area contributed by atoms with Crippen molar-refractivity contribution in [2.24, 2.45) is 0 Å². The summed E-state index contributed by atoms with van der Waals surface area (Å²) in [7, 11) is 0. The standard InChI is InChI=1S/C21H30N4O3/c1-3-27-18-7-6-17(16-19(18)28-4-2)8-12-23-20(26)21(9-13-22-14-10-21)25-15-5-11-24-25/h5-7,11,15-16,22H,3-4,8-10,12-14H2,1-2H3,(H,23,26). The van der Waals surface area contributed by atoms with E-state index in [9.17, 15) is 4.79 Å². The van der Waals surface area contributed by atoms with Gasteiger partial charge >= 0.3 is 0 Å². The van der Waals surface area contributed by atoms with E-state index in [2.05, 4.69) is 15.7 Å². The van der Waals surface area contributed by atoms with Gasteiger partial charge in [0.1, 0.15) is 5.54 Å². The minimum atomic E-state index is -0.607. The van der Waals surface area contributed by atoms with Crippen molar-refractivity contribution in [3.05, 3.63) is 42.2 Å². The molecule has 7 heteroatoms. The van der Waals surface area contributed by atoms with Gasteiger partial charge in [-0.1, -0.05) is 6.07 Å². The molecular formula is C21H30N4O3. The molecule has 2 heterocycles. The van der Waals surface area contributed by atoms with Gasteiger partial charge < -0.3 is 20.1 Å². The van der Waals surface area contributed by atoms with Crippen LogP contribution in [-0.2, 0) is 16.8 Å². The summed E-state index contributed by atoms with van der Waals surface area (Å²) in [5, 5.41) is 10.8. The summed E-state index contributed by atoms with van der Waals surface area (Å²) in [5.74, 6) is 1.54. The van der Waals surface area contributed by atoms with Crippen LogP contribution in [-0.4, -0.2) is 48.5 Å². The highest BCUT2D eigenvalue weighted by Crippen LogP contribution is 2.29. The number of ether oxygens (including phenoxy) is 2. The first-order chi connectivity index (χ1) is 13.7. The molecule has 7 nitrogen and oxygen atoms in total. The second-order valence-corrected chi connectivity index (χ2v) is 6.89. The maximum absolute atomic E-state index is 13.1. The number of hydrogen-bond acceptors (Lipinski definition) is 5. The fourth-order valence-electron chi connectivity index (χ4n) is 3.66. The van der Waals surface area contributed by atoms with Gasteiger partial charge in [0.2, 0.25) is 5.91 Å². The molecule has 0 spiro atoms. The highest BCUT2D eigenvalue weighted by Gasteiger charge is 2.41. The number of hydrogen-bond donors (Lipinski definition) is 2. The third-order valence-electron chi connectivity index (χ3n) is 5.10. The van der Waals surface area contributed by atoms with E-state index in [0.717, 1.165) is 49.4 Å². The monoisotopic (exact) mass is 386 g/mol. The molecule has 1 aliphatic rings. The predicted molar refractivity (Wildman–Crippen MR) is 108 cm³/mol. The summed E-state index contributed by atoms with van der Waals surface area (Å²) in [4.78, 5) is 13.1. The smallest absolute Gasteiger partial charge is 0.248 e. The van der Waals surface area contributed by atoms with E-state index in [-0.39, 0.29) is 5.91 Å². The van der Waals surface area contributed by atoms with Gasteiger partial charge in [-0.05, 0) is 70.0 Å². The number of rotatable bonds is 9. The summed E-state index contributed by atoms with van der Waals surface area (Å²) in [5.41, 5.74) is 0.495. The zero-order valence-corrected chi connectivity index (χ0v) is 16.7. The number of piperidine rings is 1. The molecule has 28 heavy (non-hydrogen) atoms. The highest BCUT2D eigenvalue weighted by molar-refractivity contribution is 5.84. The number of carbonyl (C=O) groups excluding carboxylic acids is 1. The van der Waals surface area contributed by atoms with Gasteiger partial charge in [-0.3, -0.25) is 9.48 Å². The van der Waals surface area contributed by atoms with Crippen molar-refractivity contribution in [1.29, 1.82) is 0 Å². The molecule has 1 aromatic heterocycles. The Morgan fingerprint density at radius 2 is 1.96 bits per heavy atom. The molecule has 2 N–H and O–H groups in total. The Labute approximate surface area is 166 Å². The number of aromatic nitrogens is 2. The Kier molecular flexibility index (Phi) is 6.92. The average Bonchev–Trinajstić information content (AvgIpc) is 3.26. The zero-order chi connectivity index (χ0) is 19.8. The molecule has 1 aromatic carbocycles. The van der Waals surface area contributed by atoms with Crippen molar-refractivity contribution in [1.82, 2.24) is 20.4 Å². The summed E-state index contributed by atoms with van der Waals surface area (Å²) < 4.78 is 13.1. The molecule has 1 amide bonds. The van der Waals surface area contributed by atoms with E-state index in [1.807, 2.05) is 49.0 Å². The van der Waals surface area contributed by atoms with Crippen LogP contribution in [0.3, 0.4) is 0 Å². The van der Waals surface area contributed by atoms with Gasteiger partial charge in [0.25, 0.3) is 0 Å². The van der Waals surface area contributed by atoms with Gasteiger partial charge in [0.15, 0.2) is 11.5 Å². The molecule has 1 fully saturated rings. The fraction of sp³-hybridized carbons (Fsp3) is 0.524. The van der Waals surface area contributed by atoms with Crippen LogP contribution in [0.15, 0.2) is 36.7 Å². The maximum Gasteiger partial charge on any atom is 0.248 e. The van der Waals surface area contributed by atoms with Crippen molar-refractivity contribution >= 4 is 5.91 Å². The van der Waals surface area contributed by atoms with Gasteiger partial charge in [-0.25, -0.2) is 0 Å². The van der Waals surface area contributed by atoms with Crippen LogP contribution < -0.4 is 20.1 Å². The predicted octanol–water partition coefficient (Wildman–Crippen LogP) is 2.12. The van der Waals surface area contributed by atoms with Crippen LogP contribution in [0.2, 0.25) is 0 Å². The highest BCUT2D eigenvalue weighted by atomic mass is 16.5. The number of carbonyl (C=O) groups is 1. The molecule has 0 radical (unpaired) electrons. The van der Waals surface area contributed by atoms with Crippen molar-refractivity contribution in [2.75, 3.05) is 32.8 Å². The lowest BCUT2D eigenvalue weighted by atomic mass is 9.87. The molecule has 2 aromatic rings. The molecule has 1 aliphatic heterocycles. The zero-order valence-electron chi connectivity index (χ0n) is 16.7. The van der Waals surface area contributed by atoms with E-state index in [1.54, 1.807) is 6.20 Å². The Hall–Kier alpha value is -2.54. The van der Waals surface area contributed by atoms with Crippen molar-refractivity contribution in [3.8, 4) is 11.5 Å². The molecular weight excluding hydrogens is 356 g/mol. The fourth-order valence-corrected chi connectivity index (χ4v) is 3.66. The minimum Gasteiger partial charge on any atom is -0.490 e. The van der Waals surface area contributed by atoms with Gasteiger partial charge in [-0.15, -0.1) is 0 Å². The van der Waals surface area contributed by atoms with E-state index < -0.39 is 5.54 Å². The average molecular weight is 386 g/mol. The Balaban J connectivity index is 1.63. The summed E-state index contributed by atoms with van der Waals surface area (Å²) >= 11 is 0. The topological polar surface area (TPSA) is 77.4 Å². The Bertz CT molecular complexity index is 755. The second kappa shape index (κ2) is 9.59. The van der Waals surface area contributed by atoms with E-state index in [1.165, 1.54) is 0 Å². The van der Waals surface area contributed by atoms with Gasteiger partial charge in [0.05, 0.1) is 13.2 Å². The maximum atomic E-state index is 13.1. The molecule has 0 saturated carbocycles. The molecule has 0 unspecified atom stereocenters. The first kappa shape index (κ1) is 20.2. The first-order valence-corrected chi connectivity index (χ1v) is 10.1. The summed E-state index contributed by atoms with van der Waals surface area (Å²) in [6.07, 6.45) is 5.81. The molecule has 0 aliphatic carbocycles. The van der Waals surface area contributed by atoms with Gasteiger partial charge in [0, 0.05) is 18.9 Å².